The summed E-state index contributed by atoms with van der Waals surface area (Å²) >= 11 is 0. The van der Waals surface area contributed by atoms with Gasteiger partial charge in [-0.2, -0.15) is 0 Å². The van der Waals surface area contributed by atoms with E-state index in [9.17, 15) is 5.11 Å². The summed E-state index contributed by atoms with van der Waals surface area (Å²) in [5.74, 6) is 0.0794. The predicted octanol–water partition coefficient (Wildman–Crippen LogP) is 2.22. The molecule has 2 rings (SSSR count). The number of benzene rings is 2. The van der Waals surface area contributed by atoms with Crippen molar-refractivity contribution in [2.24, 2.45) is 0 Å². The summed E-state index contributed by atoms with van der Waals surface area (Å²) < 4.78 is 0. The Labute approximate surface area is 88.0 Å². The fourth-order valence-electron chi connectivity index (χ4n) is 1.47. The van der Waals surface area contributed by atoms with Crippen LogP contribution in [0, 0.1) is 0 Å². The van der Waals surface area contributed by atoms with Crippen molar-refractivity contribution in [2.45, 2.75) is 0 Å². The maximum absolute atomic E-state index is 9.49. The molecule has 0 aromatic heterocycles. The molecule has 0 heterocycles. The van der Waals surface area contributed by atoms with E-state index in [0.717, 1.165) is 11.1 Å². The first kappa shape index (κ1) is 9.40. The number of phenolic OH excluding ortho intramolecular Hbond substituents is 1. The molecule has 0 aliphatic heterocycles. The molecule has 2 aromatic carbocycles. The van der Waals surface area contributed by atoms with Gasteiger partial charge in [-0.05, 0) is 23.8 Å². The highest BCUT2D eigenvalue weighted by atomic mass is 16.3. The number of aromatic hydroxyl groups is 1. The third-order valence-corrected chi connectivity index (χ3v) is 2.30. The van der Waals surface area contributed by atoms with Gasteiger partial charge in [-0.25, -0.2) is 0 Å². The van der Waals surface area contributed by atoms with Crippen LogP contribution < -0.4 is 11.5 Å². The largest absolute Gasteiger partial charge is 0.506 e. The minimum atomic E-state index is 0.0794. The minimum absolute atomic E-state index is 0.0794. The van der Waals surface area contributed by atoms with E-state index < -0.39 is 0 Å². The highest BCUT2D eigenvalue weighted by molar-refractivity contribution is 5.78. The second-order valence-corrected chi connectivity index (χ2v) is 3.36. The summed E-state index contributed by atoms with van der Waals surface area (Å²) in [6.07, 6.45) is 0. The molecule has 0 atom stereocenters. The Bertz CT molecular complexity index is 495. The molecule has 0 aliphatic carbocycles. The van der Waals surface area contributed by atoms with Crippen LogP contribution in [0.3, 0.4) is 0 Å². The van der Waals surface area contributed by atoms with Gasteiger partial charge in [0, 0.05) is 11.3 Å². The smallest absolute Gasteiger partial charge is 0.139 e. The quantitative estimate of drug-likeness (QED) is 0.488. The summed E-state index contributed by atoms with van der Waals surface area (Å²) in [5, 5.41) is 9.49. The highest BCUT2D eigenvalue weighted by Crippen LogP contribution is 2.30. The van der Waals surface area contributed by atoms with Gasteiger partial charge in [0.05, 0.1) is 5.69 Å². The maximum atomic E-state index is 9.49. The molecule has 3 heteroatoms. The number of nitrogen functional groups attached to an aromatic ring is 2. The van der Waals surface area contributed by atoms with E-state index in [1.54, 1.807) is 12.1 Å². The molecule has 0 saturated carbocycles. The SMILES string of the molecule is Nc1ccc(-c2ccccc2N)cc1O. The number of anilines is 2. The van der Waals surface area contributed by atoms with E-state index in [4.69, 9.17) is 11.5 Å². The van der Waals surface area contributed by atoms with Gasteiger partial charge in [-0.1, -0.05) is 24.3 Å². The Morgan fingerprint density at radius 2 is 1.60 bits per heavy atom. The number of hydrogen-bond acceptors (Lipinski definition) is 3. The third kappa shape index (κ3) is 1.72. The van der Waals surface area contributed by atoms with Crippen molar-refractivity contribution in [3.63, 3.8) is 0 Å². The first-order chi connectivity index (χ1) is 7.18. The third-order valence-electron chi connectivity index (χ3n) is 2.30. The van der Waals surface area contributed by atoms with Crippen LogP contribution in [-0.4, -0.2) is 5.11 Å². The molecule has 0 amide bonds. The summed E-state index contributed by atoms with van der Waals surface area (Å²) in [7, 11) is 0. The molecule has 5 N–H and O–H groups in total. The lowest BCUT2D eigenvalue weighted by Gasteiger charge is -2.06. The van der Waals surface area contributed by atoms with Gasteiger partial charge in [0.15, 0.2) is 0 Å². The number of nitrogens with two attached hydrogens (primary N) is 2. The zero-order valence-electron chi connectivity index (χ0n) is 8.14. The van der Waals surface area contributed by atoms with Gasteiger partial charge in [-0.15, -0.1) is 0 Å². The Morgan fingerprint density at radius 1 is 0.867 bits per heavy atom. The van der Waals surface area contributed by atoms with Crippen molar-refractivity contribution in [1.82, 2.24) is 0 Å². The lowest BCUT2D eigenvalue weighted by molar-refractivity contribution is 0.478. The molecule has 0 aliphatic rings. The average molecular weight is 200 g/mol. The summed E-state index contributed by atoms with van der Waals surface area (Å²) in [4.78, 5) is 0. The topological polar surface area (TPSA) is 72.3 Å². The van der Waals surface area contributed by atoms with Gasteiger partial charge in [0.1, 0.15) is 5.75 Å². The van der Waals surface area contributed by atoms with Crippen LogP contribution in [0.15, 0.2) is 42.5 Å². The van der Waals surface area contributed by atoms with Crippen molar-refractivity contribution in [2.75, 3.05) is 11.5 Å². The molecule has 0 saturated heterocycles. The van der Waals surface area contributed by atoms with E-state index in [1.165, 1.54) is 0 Å². The molecule has 3 nitrogen and oxygen atoms in total. The number of para-hydroxylation sites is 1. The summed E-state index contributed by atoms with van der Waals surface area (Å²) in [6.45, 7) is 0. The Kier molecular flexibility index (Phi) is 2.21. The molecular formula is C12H12N2O. The molecule has 0 fully saturated rings. The van der Waals surface area contributed by atoms with Crippen LogP contribution in [0.5, 0.6) is 5.75 Å². The first-order valence-electron chi connectivity index (χ1n) is 4.62. The van der Waals surface area contributed by atoms with E-state index in [-0.39, 0.29) is 5.75 Å². The Hall–Kier alpha value is -2.16. The lowest BCUT2D eigenvalue weighted by atomic mass is 10.0. The number of hydrogen-bond donors (Lipinski definition) is 3. The minimum Gasteiger partial charge on any atom is -0.506 e. The second-order valence-electron chi connectivity index (χ2n) is 3.36. The maximum Gasteiger partial charge on any atom is 0.139 e. The van der Waals surface area contributed by atoms with E-state index in [0.29, 0.717) is 11.4 Å². The molecule has 0 spiro atoms. The normalized spacial score (nSPS) is 10.1. The van der Waals surface area contributed by atoms with Crippen molar-refractivity contribution in [1.29, 1.82) is 0 Å². The fraction of sp³-hybridized carbons (Fsp3) is 0. The van der Waals surface area contributed by atoms with Crippen molar-refractivity contribution >= 4 is 11.4 Å². The van der Waals surface area contributed by atoms with Gasteiger partial charge < -0.3 is 16.6 Å². The van der Waals surface area contributed by atoms with Crippen LogP contribution in [0.25, 0.3) is 11.1 Å². The van der Waals surface area contributed by atoms with Crippen LogP contribution in [0.4, 0.5) is 11.4 Å². The average Bonchev–Trinajstić information content (AvgIpc) is 2.23. The standard InChI is InChI=1S/C12H12N2O/c13-10-4-2-1-3-9(10)8-5-6-11(14)12(15)7-8/h1-7,15H,13-14H2. The molecule has 0 unspecified atom stereocenters. The zero-order chi connectivity index (χ0) is 10.8. The predicted molar refractivity (Wildman–Crippen MR) is 62.4 cm³/mol. The van der Waals surface area contributed by atoms with Crippen LogP contribution in [0.2, 0.25) is 0 Å². The van der Waals surface area contributed by atoms with Gasteiger partial charge >= 0.3 is 0 Å². The molecule has 2 aromatic rings. The van der Waals surface area contributed by atoms with Gasteiger partial charge in [0.25, 0.3) is 0 Å². The molecule has 15 heavy (non-hydrogen) atoms. The molecule has 76 valence electrons. The highest BCUT2D eigenvalue weighted by Gasteiger charge is 2.03. The second kappa shape index (κ2) is 3.53. The van der Waals surface area contributed by atoms with Crippen LogP contribution >= 0.6 is 0 Å². The monoisotopic (exact) mass is 200 g/mol. The Balaban J connectivity index is 2.55. The van der Waals surface area contributed by atoms with Gasteiger partial charge in [-0.3, -0.25) is 0 Å². The Morgan fingerprint density at radius 3 is 2.27 bits per heavy atom. The van der Waals surface area contributed by atoms with E-state index >= 15 is 0 Å². The first-order valence-corrected chi connectivity index (χ1v) is 4.62. The lowest BCUT2D eigenvalue weighted by Crippen LogP contribution is -1.90. The van der Waals surface area contributed by atoms with Crippen LogP contribution in [-0.2, 0) is 0 Å². The number of rotatable bonds is 1. The summed E-state index contributed by atoms with van der Waals surface area (Å²) in [5.41, 5.74) is 14.2. The van der Waals surface area contributed by atoms with E-state index in [1.807, 2.05) is 30.3 Å². The zero-order valence-corrected chi connectivity index (χ0v) is 8.14. The fourth-order valence-corrected chi connectivity index (χ4v) is 1.47. The molecule has 0 bridgehead atoms. The summed E-state index contributed by atoms with van der Waals surface area (Å²) in [6, 6.07) is 12.6. The van der Waals surface area contributed by atoms with Crippen LogP contribution in [0.1, 0.15) is 0 Å². The molecular weight excluding hydrogens is 188 g/mol. The number of phenols is 1. The van der Waals surface area contributed by atoms with Crippen molar-refractivity contribution in [3.05, 3.63) is 42.5 Å². The van der Waals surface area contributed by atoms with Crippen molar-refractivity contribution < 1.29 is 5.11 Å². The van der Waals surface area contributed by atoms with Gasteiger partial charge in [0.2, 0.25) is 0 Å². The van der Waals surface area contributed by atoms with Crippen molar-refractivity contribution in [3.8, 4) is 16.9 Å². The molecule has 0 radical (unpaired) electrons. The van der Waals surface area contributed by atoms with E-state index in [2.05, 4.69) is 0 Å².